The number of carbonyl (C=O) groups is 1. The molecular formula is C14H11F3N2O. The molecule has 0 spiro atoms. The second-order valence-electron chi connectivity index (χ2n) is 4.02. The SMILES string of the molecule is O=C(Nc1ccccc1)Nc1ccc(C(F)(F)F)cc1. The van der Waals surface area contributed by atoms with Crippen molar-refractivity contribution < 1.29 is 18.0 Å². The molecule has 0 heterocycles. The highest BCUT2D eigenvalue weighted by Gasteiger charge is 2.29. The second-order valence-corrected chi connectivity index (χ2v) is 4.02. The van der Waals surface area contributed by atoms with Gasteiger partial charge in [0.15, 0.2) is 0 Å². The van der Waals surface area contributed by atoms with Crippen molar-refractivity contribution in [1.29, 1.82) is 0 Å². The minimum Gasteiger partial charge on any atom is -0.308 e. The third-order valence-corrected chi connectivity index (χ3v) is 2.50. The van der Waals surface area contributed by atoms with Gasteiger partial charge in [0.2, 0.25) is 0 Å². The molecule has 3 nitrogen and oxygen atoms in total. The van der Waals surface area contributed by atoms with Crippen molar-refractivity contribution in [2.45, 2.75) is 6.18 Å². The van der Waals surface area contributed by atoms with Crippen LogP contribution in [0.3, 0.4) is 0 Å². The maximum Gasteiger partial charge on any atom is 0.416 e. The molecule has 0 aromatic heterocycles. The molecular weight excluding hydrogens is 269 g/mol. The highest BCUT2D eigenvalue weighted by atomic mass is 19.4. The number of anilines is 2. The molecule has 0 bridgehead atoms. The third kappa shape index (κ3) is 3.74. The van der Waals surface area contributed by atoms with E-state index in [1.54, 1.807) is 30.3 Å². The summed E-state index contributed by atoms with van der Waals surface area (Å²) in [5.74, 6) is 0. The van der Waals surface area contributed by atoms with Gasteiger partial charge < -0.3 is 10.6 Å². The minimum absolute atomic E-state index is 0.284. The molecule has 2 amide bonds. The number of benzene rings is 2. The van der Waals surface area contributed by atoms with Crippen LogP contribution >= 0.6 is 0 Å². The van der Waals surface area contributed by atoms with Crippen molar-refractivity contribution in [3.8, 4) is 0 Å². The molecule has 0 unspecified atom stereocenters. The van der Waals surface area contributed by atoms with Gasteiger partial charge in [0, 0.05) is 11.4 Å². The lowest BCUT2D eigenvalue weighted by Crippen LogP contribution is -2.19. The number of alkyl halides is 3. The monoisotopic (exact) mass is 280 g/mol. The minimum atomic E-state index is -4.38. The van der Waals surface area contributed by atoms with Gasteiger partial charge in [-0.05, 0) is 36.4 Å². The first-order chi connectivity index (χ1) is 9.45. The Morgan fingerprint density at radius 3 is 1.80 bits per heavy atom. The smallest absolute Gasteiger partial charge is 0.308 e. The fraction of sp³-hybridized carbons (Fsp3) is 0.0714. The molecule has 0 radical (unpaired) electrons. The van der Waals surface area contributed by atoms with E-state index in [4.69, 9.17) is 0 Å². The van der Waals surface area contributed by atoms with Crippen molar-refractivity contribution in [1.82, 2.24) is 0 Å². The molecule has 0 fully saturated rings. The number of hydrogen-bond acceptors (Lipinski definition) is 1. The van der Waals surface area contributed by atoms with Gasteiger partial charge in [-0.2, -0.15) is 13.2 Å². The number of para-hydroxylation sites is 1. The van der Waals surface area contributed by atoms with Crippen LogP contribution < -0.4 is 10.6 Å². The van der Waals surface area contributed by atoms with Crippen LogP contribution in [0.4, 0.5) is 29.3 Å². The van der Waals surface area contributed by atoms with E-state index in [1.807, 2.05) is 0 Å². The van der Waals surface area contributed by atoms with Crippen molar-refractivity contribution in [2.75, 3.05) is 10.6 Å². The molecule has 0 aliphatic heterocycles. The molecule has 0 saturated heterocycles. The van der Waals surface area contributed by atoms with Crippen LogP contribution in [0.25, 0.3) is 0 Å². The summed E-state index contributed by atoms with van der Waals surface area (Å²) in [5, 5.41) is 5.01. The van der Waals surface area contributed by atoms with Crippen molar-refractivity contribution >= 4 is 17.4 Å². The molecule has 0 atom stereocenters. The summed E-state index contributed by atoms with van der Waals surface area (Å²) in [7, 11) is 0. The number of rotatable bonds is 2. The predicted octanol–water partition coefficient (Wildman–Crippen LogP) is 4.35. The van der Waals surface area contributed by atoms with Crippen molar-refractivity contribution in [3.05, 3.63) is 60.2 Å². The Hall–Kier alpha value is -2.50. The van der Waals surface area contributed by atoms with Crippen LogP contribution in [0.2, 0.25) is 0 Å². The summed E-state index contributed by atoms with van der Waals surface area (Å²) in [6.07, 6.45) is -4.38. The van der Waals surface area contributed by atoms with Gasteiger partial charge in [0.25, 0.3) is 0 Å². The second kappa shape index (κ2) is 5.64. The Balaban J connectivity index is 1.98. The molecule has 0 saturated carbocycles. The average molecular weight is 280 g/mol. The molecule has 6 heteroatoms. The Labute approximate surface area is 113 Å². The quantitative estimate of drug-likeness (QED) is 0.843. The van der Waals surface area contributed by atoms with Gasteiger partial charge in [0.1, 0.15) is 0 Å². The Kier molecular flexibility index (Phi) is 3.93. The van der Waals surface area contributed by atoms with Gasteiger partial charge in [-0.25, -0.2) is 4.79 Å². The van der Waals surface area contributed by atoms with E-state index in [9.17, 15) is 18.0 Å². The first-order valence-electron chi connectivity index (χ1n) is 5.75. The summed E-state index contributed by atoms with van der Waals surface area (Å²) in [6, 6.07) is 12.4. The Bertz CT molecular complexity index is 580. The molecule has 2 aromatic carbocycles. The van der Waals surface area contributed by atoms with E-state index in [0.717, 1.165) is 12.1 Å². The van der Waals surface area contributed by atoms with Gasteiger partial charge >= 0.3 is 12.2 Å². The van der Waals surface area contributed by atoms with E-state index < -0.39 is 17.8 Å². The maximum atomic E-state index is 12.4. The maximum absolute atomic E-state index is 12.4. The lowest BCUT2D eigenvalue weighted by atomic mass is 10.2. The molecule has 0 aliphatic carbocycles. The summed E-state index contributed by atoms with van der Waals surface area (Å²) >= 11 is 0. The van der Waals surface area contributed by atoms with Gasteiger partial charge in [-0.3, -0.25) is 0 Å². The van der Waals surface area contributed by atoms with Crippen LogP contribution in [0.15, 0.2) is 54.6 Å². The third-order valence-electron chi connectivity index (χ3n) is 2.50. The van der Waals surface area contributed by atoms with Crippen LogP contribution in [-0.2, 0) is 6.18 Å². The van der Waals surface area contributed by atoms with E-state index in [1.165, 1.54) is 12.1 Å². The van der Waals surface area contributed by atoms with Crippen LogP contribution in [0, 0.1) is 0 Å². The van der Waals surface area contributed by atoms with E-state index in [0.29, 0.717) is 5.69 Å². The molecule has 2 N–H and O–H groups in total. The molecule has 2 aromatic rings. The largest absolute Gasteiger partial charge is 0.416 e. The van der Waals surface area contributed by atoms with E-state index in [-0.39, 0.29) is 5.69 Å². The Morgan fingerprint density at radius 2 is 1.30 bits per heavy atom. The number of carbonyl (C=O) groups excluding carboxylic acids is 1. The first-order valence-corrected chi connectivity index (χ1v) is 5.75. The molecule has 0 aliphatic rings. The summed E-state index contributed by atoms with van der Waals surface area (Å²) < 4.78 is 37.1. The number of halogens is 3. The molecule has 104 valence electrons. The van der Waals surface area contributed by atoms with Crippen LogP contribution in [0.1, 0.15) is 5.56 Å². The zero-order chi connectivity index (χ0) is 14.6. The van der Waals surface area contributed by atoms with E-state index >= 15 is 0 Å². The highest BCUT2D eigenvalue weighted by molar-refractivity contribution is 5.99. The van der Waals surface area contributed by atoms with Crippen molar-refractivity contribution in [3.63, 3.8) is 0 Å². The molecule has 2 rings (SSSR count). The number of urea groups is 1. The predicted molar refractivity (Wildman–Crippen MR) is 70.5 cm³/mol. The summed E-state index contributed by atoms with van der Waals surface area (Å²) in [5.41, 5.74) is 0.120. The van der Waals surface area contributed by atoms with Crippen LogP contribution in [0.5, 0.6) is 0 Å². The summed E-state index contributed by atoms with van der Waals surface area (Å²) in [6.45, 7) is 0. The lowest BCUT2D eigenvalue weighted by Gasteiger charge is -2.09. The molecule has 20 heavy (non-hydrogen) atoms. The van der Waals surface area contributed by atoms with Crippen molar-refractivity contribution in [2.24, 2.45) is 0 Å². The fourth-order valence-corrected chi connectivity index (χ4v) is 1.56. The van der Waals surface area contributed by atoms with Gasteiger partial charge in [0.05, 0.1) is 5.56 Å². The standard InChI is InChI=1S/C14H11F3N2O/c15-14(16,17)10-6-8-12(9-7-10)19-13(20)18-11-4-2-1-3-5-11/h1-9H,(H2,18,19,20). The number of nitrogens with one attached hydrogen (secondary N) is 2. The number of hydrogen-bond donors (Lipinski definition) is 2. The van der Waals surface area contributed by atoms with Gasteiger partial charge in [-0.1, -0.05) is 18.2 Å². The zero-order valence-electron chi connectivity index (χ0n) is 10.2. The highest BCUT2D eigenvalue weighted by Crippen LogP contribution is 2.29. The van der Waals surface area contributed by atoms with Crippen LogP contribution in [-0.4, -0.2) is 6.03 Å². The summed E-state index contributed by atoms with van der Waals surface area (Å²) in [4.78, 5) is 11.6. The lowest BCUT2D eigenvalue weighted by molar-refractivity contribution is -0.137. The first kappa shape index (κ1) is 13.9. The number of amides is 2. The fourth-order valence-electron chi connectivity index (χ4n) is 1.56. The normalized spacial score (nSPS) is 10.9. The average Bonchev–Trinajstić information content (AvgIpc) is 2.39. The zero-order valence-corrected chi connectivity index (χ0v) is 10.2. The topological polar surface area (TPSA) is 41.1 Å². The van der Waals surface area contributed by atoms with Gasteiger partial charge in [-0.15, -0.1) is 0 Å². The Morgan fingerprint density at radius 1 is 0.800 bits per heavy atom. The van der Waals surface area contributed by atoms with E-state index in [2.05, 4.69) is 10.6 Å².